The van der Waals surface area contributed by atoms with Crippen molar-refractivity contribution in [3.8, 4) is 0 Å². The third-order valence-electron chi connectivity index (χ3n) is 1.91. The van der Waals surface area contributed by atoms with Gasteiger partial charge in [0.2, 0.25) is 0 Å². The van der Waals surface area contributed by atoms with Crippen molar-refractivity contribution in [3.63, 3.8) is 0 Å². The van der Waals surface area contributed by atoms with E-state index in [0.717, 1.165) is 17.1 Å². The predicted octanol–water partition coefficient (Wildman–Crippen LogP) is 3.92. The van der Waals surface area contributed by atoms with Gasteiger partial charge in [-0.25, -0.2) is 0 Å². The summed E-state index contributed by atoms with van der Waals surface area (Å²) in [5.41, 5.74) is 0.934. The van der Waals surface area contributed by atoms with Gasteiger partial charge < -0.3 is 5.32 Å². The normalized spacial score (nSPS) is 11.3. The zero-order valence-corrected chi connectivity index (χ0v) is 11.4. The van der Waals surface area contributed by atoms with Crippen molar-refractivity contribution >= 4 is 23.1 Å². The highest BCUT2D eigenvalue weighted by Gasteiger charge is 2.16. The second-order valence-corrected chi connectivity index (χ2v) is 6.62. The molecule has 5 heteroatoms. The van der Waals surface area contributed by atoms with E-state index in [2.05, 4.69) is 26.1 Å². The van der Waals surface area contributed by atoms with Gasteiger partial charge in [-0.1, -0.05) is 20.8 Å². The lowest BCUT2D eigenvalue weighted by Gasteiger charge is -2.18. The number of hydrogen-bond acceptors (Lipinski definition) is 4. The second kappa shape index (κ2) is 5.40. The molecule has 1 rings (SSSR count). The van der Waals surface area contributed by atoms with Crippen LogP contribution in [0, 0.1) is 10.1 Å². The standard InChI is InChI=1S/C12H18N2O2S/c1-5-13-9-6-10(14(15)16)8-11(7-9)17-12(2,3)4/h6-8,13H,5H2,1-4H3. The Morgan fingerprint density at radius 3 is 2.47 bits per heavy atom. The van der Waals surface area contributed by atoms with Crippen LogP contribution in [0.3, 0.4) is 0 Å². The average molecular weight is 254 g/mol. The molecule has 17 heavy (non-hydrogen) atoms. The van der Waals surface area contributed by atoms with Crippen molar-refractivity contribution in [3.05, 3.63) is 28.3 Å². The lowest BCUT2D eigenvalue weighted by atomic mass is 10.2. The summed E-state index contributed by atoms with van der Waals surface area (Å²) < 4.78 is 0.0404. The quantitative estimate of drug-likeness (QED) is 0.502. The molecule has 0 spiro atoms. The predicted molar refractivity (Wildman–Crippen MR) is 72.9 cm³/mol. The van der Waals surface area contributed by atoms with Crippen LogP contribution in [0.2, 0.25) is 0 Å². The van der Waals surface area contributed by atoms with Gasteiger partial charge in [-0.2, -0.15) is 0 Å². The van der Waals surface area contributed by atoms with Crippen LogP contribution in [-0.4, -0.2) is 16.2 Å². The largest absolute Gasteiger partial charge is 0.385 e. The Morgan fingerprint density at radius 2 is 2.00 bits per heavy atom. The molecule has 0 saturated heterocycles. The molecule has 0 aliphatic carbocycles. The number of non-ortho nitro benzene ring substituents is 1. The maximum absolute atomic E-state index is 10.8. The summed E-state index contributed by atoms with van der Waals surface area (Å²) in [5.74, 6) is 0. The van der Waals surface area contributed by atoms with E-state index in [1.54, 1.807) is 23.9 Å². The third-order valence-corrected chi connectivity index (χ3v) is 2.99. The number of rotatable bonds is 4. The molecular formula is C12H18N2O2S. The summed E-state index contributed by atoms with van der Waals surface area (Å²) in [6.07, 6.45) is 0. The Hall–Kier alpha value is -1.23. The number of benzene rings is 1. The number of thioether (sulfide) groups is 1. The number of anilines is 1. The fourth-order valence-corrected chi connectivity index (χ4v) is 2.48. The number of nitro groups is 1. The van der Waals surface area contributed by atoms with Crippen LogP contribution in [0.4, 0.5) is 11.4 Å². The maximum Gasteiger partial charge on any atom is 0.272 e. The lowest BCUT2D eigenvalue weighted by molar-refractivity contribution is -0.385. The van der Waals surface area contributed by atoms with Crippen LogP contribution >= 0.6 is 11.8 Å². The van der Waals surface area contributed by atoms with Crippen LogP contribution in [-0.2, 0) is 0 Å². The molecule has 1 aromatic rings. The summed E-state index contributed by atoms with van der Waals surface area (Å²) >= 11 is 1.63. The van der Waals surface area contributed by atoms with E-state index in [0.29, 0.717) is 0 Å². The average Bonchev–Trinajstić information content (AvgIpc) is 2.14. The first-order valence-corrected chi connectivity index (χ1v) is 6.36. The molecule has 0 amide bonds. The first-order chi connectivity index (χ1) is 7.81. The minimum absolute atomic E-state index is 0.0404. The van der Waals surface area contributed by atoms with Crippen molar-refractivity contribution in [2.75, 3.05) is 11.9 Å². The van der Waals surface area contributed by atoms with E-state index in [1.807, 2.05) is 13.0 Å². The Morgan fingerprint density at radius 1 is 1.35 bits per heavy atom. The number of nitrogens with one attached hydrogen (secondary N) is 1. The number of hydrogen-bond donors (Lipinski definition) is 1. The number of nitro benzene ring substituents is 1. The maximum atomic E-state index is 10.8. The van der Waals surface area contributed by atoms with Gasteiger partial charge in [0.1, 0.15) is 0 Å². The molecule has 0 heterocycles. The molecular weight excluding hydrogens is 236 g/mol. The summed E-state index contributed by atoms with van der Waals surface area (Å²) in [6.45, 7) is 8.98. The monoisotopic (exact) mass is 254 g/mol. The summed E-state index contributed by atoms with van der Waals surface area (Å²) in [7, 11) is 0. The van der Waals surface area contributed by atoms with Crippen LogP contribution in [0.1, 0.15) is 27.7 Å². The zero-order chi connectivity index (χ0) is 13.1. The minimum Gasteiger partial charge on any atom is -0.385 e. The van der Waals surface area contributed by atoms with E-state index in [9.17, 15) is 10.1 Å². The fourth-order valence-electron chi connectivity index (χ4n) is 1.41. The first kappa shape index (κ1) is 13.8. The Kier molecular flexibility index (Phi) is 4.40. The molecule has 0 aromatic heterocycles. The van der Waals surface area contributed by atoms with E-state index in [-0.39, 0.29) is 15.4 Å². The van der Waals surface area contributed by atoms with Gasteiger partial charge in [-0.15, -0.1) is 11.8 Å². The molecule has 0 bridgehead atoms. The molecule has 0 saturated carbocycles. The fraction of sp³-hybridized carbons (Fsp3) is 0.500. The molecule has 0 aliphatic heterocycles. The molecule has 0 unspecified atom stereocenters. The zero-order valence-electron chi connectivity index (χ0n) is 10.6. The van der Waals surface area contributed by atoms with E-state index in [4.69, 9.17) is 0 Å². The van der Waals surface area contributed by atoms with Crippen LogP contribution in [0.5, 0.6) is 0 Å². The van der Waals surface area contributed by atoms with Gasteiger partial charge >= 0.3 is 0 Å². The van der Waals surface area contributed by atoms with E-state index in [1.165, 1.54) is 0 Å². The summed E-state index contributed by atoms with van der Waals surface area (Å²) in [4.78, 5) is 11.4. The van der Waals surface area contributed by atoms with Crippen molar-refractivity contribution < 1.29 is 4.92 Å². The van der Waals surface area contributed by atoms with Crippen LogP contribution < -0.4 is 5.32 Å². The molecule has 0 fully saturated rings. The van der Waals surface area contributed by atoms with Crippen LogP contribution in [0.25, 0.3) is 0 Å². The van der Waals surface area contributed by atoms with Crippen molar-refractivity contribution in [2.45, 2.75) is 37.3 Å². The highest BCUT2D eigenvalue weighted by molar-refractivity contribution is 8.00. The smallest absolute Gasteiger partial charge is 0.272 e. The molecule has 0 atom stereocenters. The SMILES string of the molecule is CCNc1cc(SC(C)(C)C)cc([N+](=O)[O-])c1. The molecule has 1 N–H and O–H groups in total. The van der Waals surface area contributed by atoms with Gasteiger partial charge in [-0.3, -0.25) is 10.1 Å². The van der Waals surface area contributed by atoms with E-state index >= 15 is 0 Å². The second-order valence-electron chi connectivity index (χ2n) is 4.72. The first-order valence-electron chi connectivity index (χ1n) is 5.54. The number of nitrogens with zero attached hydrogens (tertiary/aromatic N) is 1. The Balaban J connectivity index is 3.07. The van der Waals surface area contributed by atoms with Crippen molar-refractivity contribution in [2.24, 2.45) is 0 Å². The van der Waals surface area contributed by atoms with Gasteiger partial charge in [0, 0.05) is 34.0 Å². The van der Waals surface area contributed by atoms with Gasteiger partial charge in [-0.05, 0) is 13.0 Å². The topological polar surface area (TPSA) is 55.2 Å². The van der Waals surface area contributed by atoms with Gasteiger partial charge in [0.15, 0.2) is 0 Å². The summed E-state index contributed by atoms with van der Waals surface area (Å²) in [6, 6.07) is 5.14. The molecule has 94 valence electrons. The highest BCUT2D eigenvalue weighted by Crippen LogP contribution is 2.35. The summed E-state index contributed by atoms with van der Waals surface area (Å²) in [5, 5.41) is 14.0. The highest BCUT2D eigenvalue weighted by atomic mass is 32.2. The molecule has 4 nitrogen and oxygen atoms in total. The van der Waals surface area contributed by atoms with Gasteiger partial charge in [0.25, 0.3) is 5.69 Å². The third kappa shape index (κ3) is 4.65. The Labute approximate surface area is 106 Å². The van der Waals surface area contributed by atoms with Crippen molar-refractivity contribution in [1.82, 2.24) is 0 Å². The molecule has 1 aromatic carbocycles. The lowest BCUT2D eigenvalue weighted by Crippen LogP contribution is -2.07. The van der Waals surface area contributed by atoms with Crippen LogP contribution in [0.15, 0.2) is 23.1 Å². The van der Waals surface area contributed by atoms with Gasteiger partial charge in [0.05, 0.1) is 4.92 Å². The van der Waals surface area contributed by atoms with E-state index < -0.39 is 0 Å². The van der Waals surface area contributed by atoms with Crippen molar-refractivity contribution in [1.29, 1.82) is 0 Å². The molecule has 0 radical (unpaired) electrons. The minimum atomic E-state index is -0.354. The molecule has 0 aliphatic rings. The Bertz CT molecular complexity index is 413.